The third-order valence-electron chi connectivity index (χ3n) is 3.99. The van der Waals surface area contributed by atoms with Crippen molar-refractivity contribution in [3.8, 4) is 6.07 Å². The van der Waals surface area contributed by atoms with Crippen LogP contribution >= 0.6 is 0 Å². The molecule has 0 radical (unpaired) electrons. The molecule has 0 saturated heterocycles. The Morgan fingerprint density at radius 3 is 2.65 bits per heavy atom. The maximum absolute atomic E-state index is 9.00. The Labute approximate surface area is 152 Å². The van der Waals surface area contributed by atoms with Crippen LogP contribution in [0.25, 0.3) is 0 Å². The second kappa shape index (κ2) is 7.62. The third kappa shape index (κ3) is 3.95. The molecule has 0 amide bonds. The van der Waals surface area contributed by atoms with Crippen LogP contribution in [0.15, 0.2) is 48.7 Å². The van der Waals surface area contributed by atoms with E-state index in [-0.39, 0.29) is 0 Å². The van der Waals surface area contributed by atoms with Crippen molar-refractivity contribution in [2.45, 2.75) is 26.7 Å². The van der Waals surface area contributed by atoms with Crippen molar-refractivity contribution in [1.82, 2.24) is 15.2 Å². The molecule has 0 spiro atoms. The van der Waals surface area contributed by atoms with Crippen LogP contribution in [-0.4, -0.2) is 15.2 Å². The van der Waals surface area contributed by atoms with Crippen molar-refractivity contribution in [1.29, 1.82) is 5.26 Å². The van der Waals surface area contributed by atoms with Gasteiger partial charge in [0.1, 0.15) is 0 Å². The second-order valence-electron chi connectivity index (χ2n) is 6.30. The number of aromatic nitrogens is 3. The first-order valence-corrected chi connectivity index (χ1v) is 8.40. The van der Waals surface area contributed by atoms with E-state index in [0.29, 0.717) is 23.2 Å². The van der Waals surface area contributed by atoms with Gasteiger partial charge in [-0.15, -0.1) is 5.10 Å². The molecule has 3 rings (SSSR count). The summed E-state index contributed by atoms with van der Waals surface area (Å²) < 4.78 is 0. The van der Waals surface area contributed by atoms with E-state index in [1.54, 1.807) is 24.4 Å². The summed E-state index contributed by atoms with van der Waals surface area (Å²) in [7, 11) is 0. The maximum Gasteiger partial charge on any atom is 0.249 e. The van der Waals surface area contributed by atoms with Crippen molar-refractivity contribution in [2.75, 3.05) is 10.6 Å². The molecule has 0 fully saturated rings. The Kier molecular flexibility index (Phi) is 5.09. The number of nitriles is 1. The fourth-order valence-corrected chi connectivity index (χ4v) is 2.68. The summed E-state index contributed by atoms with van der Waals surface area (Å²) in [5.41, 5.74) is 4.71. The number of nitrogens with one attached hydrogen (secondary N) is 2. The van der Waals surface area contributed by atoms with Gasteiger partial charge in [0.2, 0.25) is 5.95 Å². The second-order valence-corrected chi connectivity index (χ2v) is 6.30. The zero-order chi connectivity index (χ0) is 18.5. The highest BCUT2D eigenvalue weighted by Crippen LogP contribution is 2.29. The minimum absolute atomic E-state index is 0.366. The zero-order valence-corrected chi connectivity index (χ0v) is 15.0. The molecule has 6 heteroatoms. The lowest BCUT2D eigenvalue weighted by molar-refractivity contribution is 0.866. The quantitative estimate of drug-likeness (QED) is 0.700. The van der Waals surface area contributed by atoms with Gasteiger partial charge in [0.15, 0.2) is 5.82 Å². The van der Waals surface area contributed by atoms with Crippen LogP contribution in [0.3, 0.4) is 0 Å². The van der Waals surface area contributed by atoms with Crippen molar-refractivity contribution < 1.29 is 0 Å². The van der Waals surface area contributed by atoms with E-state index in [0.717, 1.165) is 16.9 Å². The molecule has 0 aliphatic heterocycles. The molecular weight excluding hydrogens is 324 g/mol. The minimum atomic E-state index is 0.366. The summed E-state index contributed by atoms with van der Waals surface area (Å²) in [6.45, 7) is 6.38. The highest BCUT2D eigenvalue weighted by atomic mass is 15.3. The predicted molar refractivity (Wildman–Crippen MR) is 103 cm³/mol. The fourth-order valence-electron chi connectivity index (χ4n) is 2.68. The molecule has 1 heterocycles. The summed E-state index contributed by atoms with van der Waals surface area (Å²) in [6, 6.07) is 15.5. The van der Waals surface area contributed by atoms with E-state index in [1.807, 2.05) is 6.07 Å². The van der Waals surface area contributed by atoms with Gasteiger partial charge in [-0.3, -0.25) is 0 Å². The lowest BCUT2D eigenvalue weighted by Gasteiger charge is -2.16. The molecule has 2 aromatic carbocycles. The largest absolute Gasteiger partial charge is 0.338 e. The number of para-hydroxylation sites is 1. The number of hydrogen-bond acceptors (Lipinski definition) is 6. The summed E-state index contributed by atoms with van der Waals surface area (Å²) in [5, 5.41) is 23.5. The standard InChI is InChI=1S/C20H20N6/c1-13(2)17-9-4-6-14(3)19(17)24-18-12-22-26-20(25-18)23-16-8-5-7-15(10-16)11-21/h4-10,12-13H,1-3H3,(H2,23,24,25,26). The predicted octanol–water partition coefficient (Wildman–Crippen LogP) is 4.66. The molecule has 2 N–H and O–H groups in total. The van der Waals surface area contributed by atoms with Crippen LogP contribution < -0.4 is 10.6 Å². The van der Waals surface area contributed by atoms with Crippen molar-refractivity contribution >= 4 is 23.1 Å². The van der Waals surface area contributed by atoms with E-state index in [2.05, 4.69) is 70.9 Å². The van der Waals surface area contributed by atoms with Gasteiger partial charge < -0.3 is 10.6 Å². The van der Waals surface area contributed by atoms with Crippen molar-refractivity contribution in [3.63, 3.8) is 0 Å². The van der Waals surface area contributed by atoms with Gasteiger partial charge in [0, 0.05) is 11.4 Å². The van der Waals surface area contributed by atoms with Gasteiger partial charge in [0.25, 0.3) is 0 Å². The van der Waals surface area contributed by atoms with Crippen LogP contribution in [0.2, 0.25) is 0 Å². The molecule has 0 bridgehead atoms. The average Bonchev–Trinajstić information content (AvgIpc) is 2.63. The first-order chi connectivity index (χ1) is 12.6. The van der Waals surface area contributed by atoms with Gasteiger partial charge in [-0.1, -0.05) is 38.1 Å². The van der Waals surface area contributed by atoms with E-state index in [4.69, 9.17) is 5.26 Å². The molecule has 0 atom stereocenters. The number of nitrogens with zero attached hydrogens (tertiary/aromatic N) is 4. The van der Waals surface area contributed by atoms with Gasteiger partial charge in [-0.05, 0) is 42.2 Å². The summed E-state index contributed by atoms with van der Waals surface area (Å²) in [5.74, 6) is 1.36. The molecule has 0 aliphatic rings. The van der Waals surface area contributed by atoms with Crippen LogP contribution in [-0.2, 0) is 0 Å². The Hall–Kier alpha value is -3.46. The molecule has 26 heavy (non-hydrogen) atoms. The van der Waals surface area contributed by atoms with E-state index in [9.17, 15) is 0 Å². The number of hydrogen-bond donors (Lipinski definition) is 2. The zero-order valence-electron chi connectivity index (χ0n) is 15.0. The first-order valence-electron chi connectivity index (χ1n) is 8.40. The van der Waals surface area contributed by atoms with Crippen LogP contribution in [0.5, 0.6) is 0 Å². The maximum atomic E-state index is 9.00. The Morgan fingerprint density at radius 2 is 1.88 bits per heavy atom. The molecule has 1 aromatic heterocycles. The Balaban J connectivity index is 1.86. The van der Waals surface area contributed by atoms with Crippen LogP contribution in [0.4, 0.5) is 23.1 Å². The molecule has 3 aromatic rings. The highest BCUT2D eigenvalue weighted by Gasteiger charge is 2.11. The van der Waals surface area contributed by atoms with E-state index >= 15 is 0 Å². The summed E-state index contributed by atoms with van der Waals surface area (Å²) in [4.78, 5) is 4.48. The van der Waals surface area contributed by atoms with E-state index in [1.165, 1.54) is 5.56 Å². The Morgan fingerprint density at radius 1 is 1.08 bits per heavy atom. The SMILES string of the molecule is Cc1cccc(C(C)C)c1Nc1cnnc(Nc2cccc(C#N)c2)n1. The van der Waals surface area contributed by atoms with Gasteiger partial charge in [-0.2, -0.15) is 15.3 Å². The average molecular weight is 344 g/mol. The topological polar surface area (TPSA) is 86.5 Å². The Bertz CT molecular complexity index is 959. The number of rotatable bonds is 5. The van der Waals surface area contributed by atoms with E-state index < -0.39 is 0 Å². The molecule has 0 aliphatic carbocycles. The normalized spacial score (nSPS) is 10.4. The molecule has 6 nitrogen and oxygen atoms in total. The molecule has 130 valence electrons. The number of benzene rings is 2. The van der Waals surface area contributed by atoms with Crippen LogP contribution in [0, 0.1) is 18.3 Å². The molecule has 0 unspecified atom stereocenters. The molecular formula is C20H20N6. The molecule has 0 saturated carbocycles. The van der Waals surface area contributed by atoms with Crippen molar-refractivity contribution in [2.24, 2.45) is 0 Å². The third-order valence-corrected chi connectivity index (χ3v) is 3.99. The summed E-state index contributed by atoms with van der Waals surface area (Å²) in [6.07, 6.45) is 1.59. The van der Waals surface area contributed by atoms with Gasteiger partial charge in [0.05, 0.1) is 17.8 Å². The monoisotopic (exact) mass is 344 g/mol. The highest BCUT2D eigenvalue weighted by molar-refractivity contribution is 5.66. The van der Waals surface area contributed by atoms with Crippen molar-refractivity contribution in [3.05, 3.63) is 65.4 Å². The number of aryl methyl sites for hydroxylation is 1. The minimum Gasteiger partial charge on any atom is -0.338 e. The fraction of sp³-hybridized carbons (Fsp3) is 0.200. The lowest BCUT2D eigenvalue weighted by atomic mass is 9.98. The van der Waals surface area contributed by atoms with Gasteiger partial charge >= 0.3 is 0 Å². The first kappa shape index (κ1) is 17.4. The lowest BCUT2D eigenvalue weighted by Crippen LogP contribution is -2.05. The number of anilines is 4. The van der Waals surface area contributed by atoms with Gasteiger partial charge in [-0.25, -0.2) is 0 Å². The summed E-state index contributed by atoms with van der Waals surface area (Å²) >= 11 is 0. The van der Waals surface area contributed by atoms with Crippen LogP contribution in [0.1, 0.15) is 36.5 Å². The smallest absolute Gasteiger partial charge is 0.249 e.